The maximum atomic E-state index is 13.3. The van der Waals surface area contributed by atoms with Gasteiger partial charge in [0.15, 0.2) is 0 Å². The Morgan fingerprint density at radius 1 is 1.03 bits per heavy atom. The zero-order valence-electron chi connectivity index (χ0n) is 22.9. The number of H-pyrrole nitrogens is 1. The van der Waals surface area contributed by atoms with Crippen molar-refractivity contribution in [3.8, 4) is 5.75 Å². The summed E-state index contributed by atoms with van der Waals surface area (Å²) in [6, 6.07) is 12.7. The van der Waals surface area contributed by atoms with Crippen LogP contribution in [0.25, 0.3) is 0 Å². The van der Waals surface area contributed by atoms with Gasteiger partial charge in [0.1, 0.15) is 5.75 Å². The molecule has 0 saturated heterocycles. The van der Waals surface area contributed by atoms with Crippen molar-refractivity contribution >= 4 is 21.9 Å². The number of nitrogens with zero attached hydrogens (tertiary/aromatic N) is 2. The average Bonchev–Trinajstić information content (AvgIpc) is 3.18. The molecule has 0 fully saturated rings. The number of hydrogen-bond donors (Lipinski definition) is 2. The first kappa shape index (κ1) is 29.4. The van der Waals surface area contributed by atoms with Crippen molar-refractivity contribution in [2.24, 2.45) is 4.99 Å². The quantitative estimate of drug-likeness (QED) is 0.196. The van der Waals surface area contributed by atoms with Gasteiger partial charge in [-0.3, -0.25) is 14.9 Å². The van der Waals surface area contributed by atoms with E-state index in [0.717, 1.165) is 49.8 Å². The van der Waals surface area contributed by atoms with Crippen LogP contribution in [0.15, 0.2) is 57.1 Å². The molecule has 9 heteroatoms. The Morgan fingerprint density at radius 2 is 1.82 bits per heavy atom. The van der Waals surface area contributed by atoms with Crippen LogP contribution in [0.5, 0.6) is 5.75 Å². The van der Waals surface area contributed by atoms with Gasteiger partial charge in [-0.2, -0.15) is 0 Å². The highest BCUT2D eigenvalue weighted by molar-refractivity contribution is 7.89. The van der Waals surface area contributed by atoms with Crippen LogP contribution in [0.1, 0.15) is 75.3 Å². The third-order valence-corrected chi connectivity index (χ3v) is 7.80. The number of hydrogen-bond acceptors (Lipinski definition) is 5. The fourth-order valence-electron chi connectivity index (χ4n) is 4.16. The maximum absolute atomic E-state index is 13.3. The van der Waals surface area contributed by atoms with Crippen LogP contribution < -0.4 is 15.0 Å². The van der Waals surface area contributed by atoms with Crippen LogP contribution in [0.4, 0.5) is 5.69 Å². The highest BCUT2D eigenvalue weighted by atomic mass is 32.2. The summed E-state index contributed by atoms with van der Waals surface area (Å²) >= 11 is 0. The number of aromatic amines is 1. The van der Waals surface area contributed by atoms with Crippen LogP contribution in [0.3, 0.4) is 0 Å². The zero-order valence-corrected chi connectivity index (χ0v) is 23.7. The van der Waals surface area contributed by atoms with Gasteiger partial charge in [0.2, 0.25) is 10.0 Å². The molecule has 0 spiro atoms. The molecular weight excluding hydrogens is 500 g/mol. The number of unbranched alkanes of at least 4 members (excludes halogenated alkanes) is 3. The Kier molecular flexibility index (Phi) is 10.9. The number of aromatic nitrogens is 2. The third-order valence-electron chi connectivity index (χ3n) is 6.34. The van der Waals surface area contributed by atoms with Gasteiger partial charge in [0.05, 0.1) is 29.3 Å². The van der Waals surface area contributed by atoms with E-state index in [1.54, 1.807) is 24.4 Å². The van der Waals surface area contributed by atoms with Crippen LogP contribution >= 0.6 is 0 Å². The number of nitrogens with one attached hydrogen (secondary N) is 2. The number of ether oxygens (including phenoxy) is 1. The van der Waals surface area contributed by atoms with E-state index < -0.39 is 10.0 Å². The Balaban J connectivity index is 1.88. The molecule has 0 atom stereocenters. The van der Waals surface area contributed by atoms with Crippen LogP contribution in [0.2, 0.25) is 0 Å². The molecule has 0 aliphatic heterocycles. The van der Waals surface area contributed by atoms with Crippen LogP contribution in [0, 0.1) is 6.92 Å². The highest BCUT2D eigenvalue weighted by Gasteiger charge is 2.18. The van der Waals surface area contributed by atoms with Gasteiger partial charge >= 0.3 is 0 Å². The van der Waals surface area contributed by atoms with Crippen molar-refractivity contribution in [3.63, 3.8) is 0 Å². The number of sulfonamides is 1. The largest absolute Gasteiger partial charge is 0.493 e. The zero-order chi connectivity index (χ0) is 27.5. The SMILES string of the molecule is CCCCCCNS(=O)(=O)c1ccc(OCCC)c(Cn2[nH]c(C)c(C=Nc3ccccc3CC)c2=O)c1. The molecule has 0 radical (unpaired) electrons. The number of aliphatic imine (C=N–C) groups is 1. The number of benzene rings is 2. The van der Waals surface area contributed by atoms with Gasteiger partial charge in [0, 0.05) is 24.0 Å². The van der Waals surface area contributed by atoms with Crippen LogP contribution in [-0.4, -0.2) is 37.6 Å². The maximum Gasteiger partial charge on any atom is 0.275 e. The van der Waals surface area contributed by atoms with E-state index in [1.165, 1.54) is 4.68 Å². The third kappa shape index (κ3) is 7.68. The molecular formula is C29H40N4O4S. The highest BCUT2D eigenvalue weighted by Crippen LogP contribution is 2.24. The van der Waals surface area contributed by atoms with E-state index in [2.05, 4.69) is 28.7 Å². The summed E-state index contributed by atoms with van der Waals surface area (Å²) < 4.78 is 35.9. The second-order valence-electron chi connectivity index (χ2n) is 9.36. The Labute approximate surface area is 226 Å². The summed E-state index contributed by atoms with van der Waals surface area (Å²) in [6.45, 7) is 9.03. The van der Waals surface area contributed by atoms with Crippen molar-refractivity contribution in [1.29, 1.82) is 0 Å². The lowest BCUT2D eigenvalue weighted by Crippen LogP contribution is -2.25. The number of rotatable bonds is 15. The molecule has 0 aliphatic carbocycles. The lowest BCUT2D eigenvalue weighted by molar-refractivity contribution is 0.312. The van der Waals surface area contributed by atoms with E-state index in [4.69, 9.17) is 4.74 Å². The fraction of sp³-hybridized carbons (Fsp3) is 0.448. The smallest absolute Gasteiger partial charge is 0.275 e. The van der Waals surface area contributed by atoms with E-state index >= 15 is 0 Å². The average molecular weight is 541 g/mol. The summed E-state index contributed by atoms with van der Waals surface area (Å²) in [5.41, 5.74) is 3.45. The first-order chi connectivity index (χ1) is 18.3. The standard InChI is InChI=1S/C29H40N4O4S/c1-5-8-9-12-17-31-38(35,36)25-15-16-28(37-18-6-2)24(19-25)21-33-29(34)26(22(4)32-33)20-30-27-14-11-10-13-23(27)7-3/h10-11,13-16,19-20,31-32H,5-9,12,17-18,21H2,1-4H3. The minimum Gasteiger partial charge on any atom is -0.493 e. The van der Waals surface area contributed by atoms with Crippen molar-refractivity contribution < 1.29 is 13.2 Å². The molecule has 0 saturated carbocycles. The van der Waals surface area contributed by atoms with Crippen molar-refractivity contribution in [1.82, 2.24) is 14.5 Å². The van der Waals surface area contributed by atoms with E-state index in [-0.39, 0.29) is 17.0 Å². The predicted molar refractivity (Wildman–Crippen MR) is 154 cm³/mol. The monoisotopic (exact) mass is 540 g/mol. The summed E-state index contributed by atoms with van der Waals surface area (Å²) in [5.74, 6) is 0.556. The molecule has 2 aromatic carbocycles. The normalized spacial score (nSPS) is 11.9. The predicted octanol–water partition coefficient (Wildman–Crippen LogP) is 5.49. The second-order valence-corrected chi connectivity index (χ2v) is 11.1. The van der Waals surface area contributed by atoms with Gasteiger partial charge in [-0.25, -0.2) is 17.8 Å². The van der Waals surface area contributed by atoms with E-state index in [9.17, 15) is 13.2 Å². The molecule has 0 unspecified atom stereocenters. The number of aryl methyl sites for hydroxylation is 2. The molecule has 0 aliphatic rings. The van der Waals surface area contributed by atoms with Crippen molar-refractivity contribution in [2.75, 3.05) is 13.2 Å². The molecule has 206 valence electrons. The molecule has 38 heavy (non-hydrogen) atoms. The lowest BCUT2D eigenvalue weighted by atomic mass is 10.1. The molecule has 2 N–H and O–H groups in total. The summed E-state index contributed by atoms with van der Waals surface area (Å²) in [4.78, 5) is 18.0. The van der Waals surface area contributed by atoms with Crippen molar-refractivity contribution in [3.05, 3.63) is 75.2 Å². The van der Waals surface area contributed by atoms with E-state index in [0.29, 0.717) is 35.7 Å². The van der Waals surface area contributed by atoms with E-state index in [1.807, 2.05) is 38.1 Å². The fourth-order valence-corrected chi connectivity index (χ4v) is 5.29. The first-order valence-electron chi connectivity index (χ1n) is 13.5. The molecule has 1 heterocycles. The molecule has 1 aromatic heterocycles. The van der Waals surface area contributed by atoms with Gasteiger partial charge in [0.25, 0.3) is 5.56 Å². The summed E-state index contributed by atoms with van der Waals surface area (Å²) in [5, 5.41) is 3.11. The Morgan fingerprint density at radius 3 is 2.55 bits per heavy atom. The molecule has 3 aromatic rings. The molecule has 0 amide bonds. The number of para-hydroxylation sites is 1. The van der Waals surface area contributed by atoms with Crippen molar-refractivity contribution in [2.45, 2.75) is 77.7 Å². The Hall–Kier alpha value is -3.17. The minimum absolute atomic E-state index is 0.137. The second kappa shape index (κ2) is 14.1. The topological polar surface area (TPSA) is 106 Å². The summed E-state index contributed by atoms with van der Waals surface area (Å²) in [7, 11) is -3.68. The Bertz CT molecular complexity index is 1390. The first-order valence-corrected chi connectivity index (χ1v) is 15.0. The van der Waals surface area contributed by atoms with Gasteiger partial charge in [-0.15, -0.1) is 0 Å². The molecule has 0 bridgehead atoms. The summed E-state index contributed by atoms with van der Waals surface area (Å²) in [6.07, 6.45) is 7.19. The molecule has 8 nitrogen and oxygen atoms in total. The van der Waals surface area contributed by atoms with Gasteiger partial charge in [-0.05, 0) is 56.0 Å². The lowest BCUT2D eigenvalue weighted by Gasteiger charge is -2.14. The van der Waals surface area contributed by atoms with Crippen LogP contribution in [-0.2, 0) is 23.0 Å². The minimum atomic E-state index is -3.68. The van der Waals surface area contributed by atoms with Gasteiger partial charge < -0.3 is 4.74 Å². The molecule has 3 rings (SSSR count). The van der Waals surface area contributed by atoms with Gasteiger partial charge in [-0.1, -0.05) is 58.2 Å².